The van der Waals surface area contributed by atoms with Crippen LogP contribution in [0.15, 0.2) is 30.3 Å². The van der Waals surface area contributed by atoms with Gasteiger partial charge in [0.1, 0.15) is 18.4 Å². The van der Waals surface area contributed by atoms with E-state index in [0.717, 1.165) is 37.5 Å². The lowest BCUT2D eigenvalue weighted by molar-refractivity contribution is -0.141. The molecule has 0 radical (unpaired) electrons. The van der Waals surface area contributed by atoms with Gasteiger partial charge in [-0.2, -0.15) is 0 Å². The molecule has 4 amide bonds. The maximum Gasteiger partial charge on any atom is 0.245 e. The van der Waals surface area contributed by atoms with Crippen molar-refractivity contribution in [2.45, 2.75) is 102 Å². The maximum atomic E-state index is 13.6. The first-order chi connectivity index (χ1) is 19.7. The van der Waals surface area contributed by atoms with Crippen molar-refractivity contribution >= 4 is 29.9 Å². The Morgan fingerprint density at radius 2 is 1.51 bits per heavy atom. The zero-order chi connectivity index (χ0) is 30.2. The summed E-state index contributed by atoms with van der Waals surface area (Å²) in [5.41, 5.74) is 0.984. The van der Waals surface area contributed by atoms with Crippen LogP contribution in [-0.2, 0) is 30.5 Å². The summed E-state index contributed by atoms with van der Waals surface area (Å²) in [6, 6.07) is 6.95. The fraction of sp³-hybridized carbons (Fsp3) is 0.633. The van der Waals surface area contributed by atoms with Crippen LogP contribution in [0.2, 0.25) is 0 Å². The van der Waals surface area contributed by atoms with Gasteiger partial charge in [0, 0.05) is 13.1 Å². The Morgan fingerprint density at radius 1 is 0.902 bits per heavy atom. The Bertz CT molecular complexity index is 991. The van der Waals surface area contributed by atoms with Crippen LogP contribution in [-0.4, -0.2) is 85.7 Å². The summed E-state index contributed by atoms with van der Waals surface area (Å²) in [5, 5.41) is 14.3. The van der Waals surface area contributed by atoms with Crippen molar-refractivity contribution in [3.8, 4) is 0 Å². The normalized spacial score (nSPS) is 17.7. The lowest BCUT2D eigenvalue weighted by Gasteiger charge is -2.29. The molecule has 0 aliphatic carbocycles. The highest BCUT2D eigenvalue weighted by Gasteiger charge is 2.37. The SMILES string of the molecule is CNC(C)C(=O)NC(C=O)CCCCCCC(NC(=O)C(C)NC)C(=O)N1CCCC1C(=O)NCc1ccccc1. The molecule has 2 rings (SSSR count). The van der Waals surface area contributed by atoms with Crippen LogP contribution in [0.1, 0.15) is 70.8 Å². The number of hydrogen-bond donors (Lipinski definition) is 5. The number of nitrogens with one attached hydrogen (secondary N) is 5. The van der Waals surface area contributed by atoms with Gasteiger partial charge in [-0.25, -0.2) is 0 Å². The van der Waals surface area contributed by atoms with Crippen LogP contribution in [0.25, 0.3) is 0 Å². The molecule has 11 heteroatoms. The Balaban J connectivity index is 1.91. The summed E-state index contributed by atoms with van der Waals surface area (Å²) in [6.07, 6.45) is 6.11. The summed E-state index contributed by atoms with van der Waals surface area (Å²) < 4.78 is 0. The van der Waals surface area contributed by atoms with Gasteiger partial charge in [-0.1, -0.05) is 56.0 Å². The van der Waals surface area contributed by atoms with Gasteiger partial charge in [0.25, 0.3) is 0 Å². The molecule has 5 unspecified atom stereocenters. The summed E-state index contributed by atoms with van der Waals surface area (Å²) in [5.74, 6) is -0.905. The topological polar surface area (TPSA) is 149 Å². The third-order valence-electron chi connectivity index (χ3n) is 7.67. The van der Waals surface area contributed by atoms with Gasteiger partial charge in [0.15, 0.2) is 0 Å². The molecule has 1 aliphatic heterocycles. The van der Waals surface area contributed by atoms with E-state index in [1.165, 1.54) is 0 Å². The second-order valence-electron chi connectivity index (χ2n) is 10.7. The molecule has 5 N–H and O–H groups in total. The quantitative estimate of drug-likeness (QED) is 0.130. The molecule has 0 spiro atoms. The van der Waals surface area contributed by atoms with Gasteiger partial charge in [-0.05, 0) is 59.2 Å². The molecule has 41 heavy (non-hydrogen) atoms. The van der Waals surface area contributed by atoms with Crippen molar-refractivity contribution in [2.24, 2.45) is 0 Å². The van der Waals surface area contributed by atoms with Gasteiger partial charge < -0.3 is 36.3 Å². The number of aldehydes is 1. The van der Waals surface area contributed by atoms with E-state index in [9.17, 15) is 24.0 Å². The molecule has 0 bridgehead atoms. The Labute approximate surface area is 244 Å². The highest BCUT2D eigenvalue weighted by molar-refractivity contribution is 5.93. The zero-order valence-corrected chi connectivity index (χ0v) is 24.9. The van der Waals surface area contributed by atoms with Gasteiger partial charge in [-0.15, -0.1) is 0 Å². The number of likely N-dealkylation sites (N-methyl/N-ethyl adjacent to an activating group) is 2. The van der Waals surface area contributed by atoms with Crippen LogP contribution < -0.4 is 26.6 Å². The fourth-order valence-corrected chi connectivity index (χ4v) is 4.77. The van der Waals surface area contributed by atoms with Gasteiger partial charge in [0.05, 0.1) is 18.1 Å². The Hall–Kier alpha value is -3.31. The van der Waals surface area contributed by atoms with E-state index in [-0.39, 0.29) is 29.7 Å². The van der Waals surface area contributed by atoms with Crippen LogP contribution in [0.3, 0.4) is 0 Å². The molecule has 11 nitrogen and oxygen atoms in total. The standard InChI is InChI=1S/C30H48N6O5/c1-21(31-3)27(38)34-24(20-37)15-10-5-6-11-16-25(35-28(39)22(2)32-4)30(41)36-18-12-17-26(36)29(40)33-19-23-13-8-7-9-14-23/h7-9,13-14,20-22,24-26,31-32H,5-6,10-12,15-19H2,1-4H3,(H,33,40)(H,34,38)(H,35,39). The van der Waals surface area contributed by atoms with E-state index in [4.69, 9.17) is 0 Å². The van der Waals surface area contributed by atoms with Crippen LogP contribution in [0.5, 0.6) is 0 Å². The second kappa shape index (κ2) is 18.2. The smallest absolute Gasteiger partial charge is 0.245 e. The van der Waals surface area contributed by atoms with Crippen LogP contribution in [0, 0.1) is 0 Å². The summed E-state index contributed by atoms with van der Waals surface area (Å²) >= 11 is 0. The lowest BCUT2D eigenvalue weighted by atomic mass is 10.0. The lowest BCUT2D eigenvalue weighted by Crippen LogP contribution is -2.55. The molecule has 1 aromatic rings. The maximum absolute atomic E-state index is 13.6. The van der Waals surface area contributed by atoms with Crippen molar-refractivity contribution < 1.29 is 24.0 Å². The van der Waals surface area contributed by atoms with Gasteiger partial charge in [-0.3, -0.25) is 19.2 Å². The van der Waals surface area contributed by atoms with Crippen molar-refractivity contribution in [3.63, 3.8) is 0 Å². The summed E-state index contributed by atoms with van der Waals surface area (Å²) in [4.78, 5) is 64.3. The molecular formula is C30H48N6O5. The Morgan fingerprint density at radius 3 is 2.12 bits per heavy atom. The average molecular weight is 573 g/mol. The zero-order valence-electron chi connectivity index (χ0n) is 24.9. The first-order valence-electron chi connectivity index (χ1n) is 14.7. The molecule has 1 saturated heterocycles. The molecular weight excluding hydrogens is 524 g/mol. The molecule has 1 aliphatic rings. The number of carbonyl (C=O) groups excluding carboxylic acids is 5. The molecule has 1 aromatic carbocycles. The van der Waals surface area contributed by atoms with E-state index in [2.05, 4.69) is 26.6 Å². The van der Waals surface area contributed by atoms with Crippen LogP contribution >= 0.6 is 0 Å². The van der Waals surface area contributed by atoms with Crippen molar-refractivity contribution in [2.75, 3.05) is 20.6 Å². The molecule has 0 saturated carbocycles. The average Bonchev–Trinajstić information content (AvgIpc) is 3.49. The molecule has 0 aromatic heterocycles. The molecule has 1 fully saturated rings. The van der Waals surface area contributed by atoms with Gasteiger partial charge in [0.2, 0.25) is 23.6 Å². The number of rotatable bonds is 18. The molecule has 5 atom stereocenters. The van der Waals surface area contributed by atoms with E-state index >= 15 is 0 Å². The van der Waals surface area contributed by atoms with E-state index in [0.29, 0.717) is 38.8 Å². The first-order valence-corrected chi connectivity index (χ1v) is 14.7. The van der Waals surface area contributed by atoms with E-state index < -0.39 is 24.2 Å². The highest BCUT2D eigenvalue weighted by atomic mass is 16.2. The summed E-state index contributed by atoms with van der Waals surface area (Å²) in [6.45, 7) is 4.32. The minimum Gasteiger partial charge on any atom is -0.350 e. The third kappa shape index (κ3) is 11.2. The van der Waals surface area contributed by atoms with Crippen LogP contribution in [0.4, 0.5) is 0 Å². The van der Waals surface area contributed by atoms with Gasteiger partial charge >= 0.3 is 0 Å². The minimum atomic E-state index is -0.731. The predicted octanol–water partition coefficient (Wildman–Crippen LogP) is 1.02. The van der Waals surface area contributed by atoms with E-state index in [1.807, 2.05) is 30.3 Å². The van der Waals surface area contributed by atoms with Crippen molar-refractivity contribution in [1.29, 1.82) is 0 Å². The number of likely N-dealkylation sites (tertiary alicyclic amines) is 1. The van der Waals surface area contributed by atoms with E-state index in [1.54, 1.807) is 32.8 Å². The largest absolute Gasteiger partial charge is 0.350 e. The number of benzene rings is 1. The Kier molecular flexibility index (Phi) is 15.0. The molecule has 1 heterocycles. The predicted molar refractivity (Wildman–Crippen MR) is 158 cm³/mol. The number of unbranched alkanes of at least 4 members (excludes halogenated alkanes) is 3. The first kappa shape index (κ1) is 33.9. The highest BCUT2D eigenvalue weighted by Crippen LogP contribution is 2.21. The third-order valence-corrected chi connectivity index (χ3v) is 7.67. The number of carbonyl (C=O) groups is 5. The minimum absolute atomic E-state index is 0.186. The second-order valence-corrected chi connectivity index (χ2v) is 10.7. The number of hydrogen-bond acceptors (Lipinski definition) is 7. The number of nitrogens with zero attached hydrogens (tertiary/aromatic N) is 1. The monoisotopic (exact) mass is 572 g/mol. The number of amides is 4. The van der Waals surface area contributed by atoms with Crippen molar-refractivity contribution in [3.05, 3.63) is 35.9 Å². The fourth-order valence-electron chi connectivity index (χ4n) is 4.77. The van der Waals surface area contributed by atoms with Crippen molar-refractivity contribution in [1.82, 2.24) is 31.5 Å². The summed E-state index contributed by atoms with van der Waals surface area (Å²) in [7, 11) is 3.37. The molecule has 228 valence electrons.